The Kier molecular flexibility index (Phi) is 3.53. The number of hydrogen-bond donors (Lipinski definition) is 0. The lowest BCUT2D eigenvalue weighted by Crippen LogP contribution is -2.23. The van der Waals surface area contributed by atoms with Gasteiger partial charge in [-0.2, -0.15) is 10.5 Å². The van der Waals surface area contributed by atoms with E-state index in [1.54, 1.807) is 6.07 Å². The summed E-state index contributed by atoms with van der Waals surface area (Å²) in [5, 5.41) is 17.7. The van der Waals surface area contributed by atoms with Crippen LogP contribution in [0, 0.1) is 22.7 Å². The number of allylic oxidation sites excluding steroid dienone is 4. The third kappa shape index (κ3) is 2.27. The Morgan fingerprint density at radius 2 is 1.48 bits per heavy atom. The Bertz CT molecular complexity index is 895. The summed E-state index contributed by atoms with van der Waals surface area (Å²) in [4.78, 5) is 22.8. The quantitative estimate of drug-likeness (QED) is 0.747. The SMILES string of the molecule is N#CC1=C(C#N)C(=O)C(S(=O)(=O)c2ccccc2)=CC1=O. The smallest absolute Gasteiger partial charge is 0.216 e. The number of hydrogen-bond acceptors (Lipinski definition) is 6. The molecule has 21 heavy (non-hydrogen) atoms. The molecule has 1 aliphatic rings. The van der Waals surface area contributed by atoms with Crippen molar-refractivity contribution >= 4 is 21.4 Å². The van der Waals surface area contributed by atoms with E-state index in [0.29, 0.717) is 6.08 Å². The number of rotatable bonds is 2. The minimum Gasteiger partial charge on any atom is -0.288 e. The van der Waals surface area contributed by atoms with E-state index >= 15 is 0 Å². The zero-order valence-electron chi connectivity index (χ0n) is 10.4. The predicted molar refractivity (Wildman–Crippen MR) is 70.0 cm³/mol. The van der Waals surface area contributed by atoms with Crippen LogP contribution in [0.5, 0.6) is 0 Å². The van der Waals surface area contributed by atoms with E-state index in [2.05, 4.69) is 0 Å². The molecule has 0 saturated carbocycles. The highest BCUT2D eigenvalue weighted by molar-refractivity contribution is 7.96. The summed E-state index contributed by atoms with van der Waals surface area (Å²) in [6.45, 7) is 0. The number of nitriles is 2. The molecule has 0 heterocycles. The number of carbonyl (C=O) groups is 2. The number of benzene rings is 1. The van der Waals surface area contributed by atoms with Crippen molar-refractivity contribution in [1.82, 2.24) is 0 Å². The molecule has 0 radical (unpaired) electrons. The van der Waals surface area contributed by atoms with E-state index in [0.717, 1.165) is 0 Å². The van der Waals surface area contributed by atoms with Gasteiger partial charge in [-0.15, -0.1) is 0 Å². The number of sulfone groups is 1. The molecule has 0 saturated heterocycles. The molecule has 102 valence electrons. The van der Waals surface area contributed by atoms with Gasteiger partial charge in [-0.3, -0.25) is 9.59 Å². The lowest BCUT2D eigenvalue weighted by atomic mass is 9.97. The van der Waals surface area contributed by atoms with Crippen LogP contribution < -0.4 is 0 Å². The first-order chi connectivity index (χ1) is 9.93. The van der Waals surface area contributed by atoms with Gasteiger partial charge in [0, 0.05) is 6.08 Å². The molecule has 6 nitrogen and oxygen atoms in total. The maximum atomic E-state index is 12.3. The van der Waals surface area contributed by atoms with Crippen molar-refractivity contribution in [2.75, 3.05) is 0 Å². The Morgan fingerprint density at radius 1 is 0.905 bits per heavy atom. The fraction of sp³-hybridized carbons (Fsp3) is 0. The van der Waals surface area contributed by atoms with Gasteiger partial charge in [0.1, 0.15) is 28.2 Å². The second-order valence-electron chi connectivity index (χ2n) is 3.99. The monoisotopic (exact) mass is 298 g/mol. The average Bonchev–Trinajstić information content (AvgIpc) is 2.49. The number of Topliss-reactive ketones (excluding diaryl/α,β-unsaturated/α-hetero) is 1. The van der Waals surface area contributed by atoms with Gasteiger partial charge in [-0.1, -0.05) is 18.2 Å². The van der Waals surface area contributed by atoms with Gasteiger partial charge in [0.15, 0.2) is 5.78 Å². The van der Waals surface area contributed by atoms with Crippen molar-refractivity contribution in [2.24, 2.45) is 0 Å². The van der Waals surface area contributed by atoms with E-state index in [1.807, 2.05) is 0 Å². The number of nitrogens with zero attached hydrogens (tertiary/aromatic N) is 2. The molecule has 0 spiro atoms. The van der Waals surface area contributed by atoms with Crippen molar-refractivity contribution in [3.05, 3.63) is 52.5 Å². The zero-order valence-corrected chi connectivity index (χ0v) is 11.2. The van der Waals surface area contributed by atoms with Crippen LogP contribution in [-0.2, 0) is 19.4 Å². The van der Waals surface area contributed by atoms with E-state index < -0.39 is 37.5 Å². The third-order valence-corrected chi connectivity index (χ3v) is 4.55. The van der Waals surface area contributed by atoms with E-state index in [4.69, 9.17) is 10.5 Å². The van der Waals surface area contributed by atoms with Gasteiger partial charge in [-0.05, 0) is 12.1 Å². The summed E-state index contributed by atoms with van der Waals surface area (Å²) in [7, 11) is -4.22. The van der Waals surface area contributed by atoms with E-state index in [1.165, 1.54) is 36.4 Å². The fourth-order valence-corrected chi connectivity index (χ4v) is 3.14. The van der Waals surface area contributed by atoms with E-state index in [-0.39, 0.29) is 4.90 Å². The second kappa shape index (κ2) is 5.16. The average molecular weight is 298 g/mol. The minimum absolute atomic E-state index is 0.171. The maximum Gasteiger partial charge on any atom is 0.216 e. The molecular weight excluding hydrogens is 292 g/mol. The predicted octanol–water partition coefficient (Wildman–Crippen LogP) is 0.840. The Labute approximate surface area is 120 Å². The summed E-state index contributed by atoms with van der Waals surface area (Å²) in [5.41, 5.74) is -1.39. The summed E-state index contributed by atoms with van der Waals surface area (Å²) < 4.78 is 24.7. The van der Waals surface area contributed by atoms with Crippen molar-refractivity contribution in [2.45, 2.75) is 4.90 Å². The van der Waals surface area contributed by atoms with Crippen LogP contribution in [-0.4, -0.2) is 20.0 Å². The molecule has 0 aliphatic heterocycles. The molecule has 0 bridgehead atoms. The molecule has 0 amide bonds. The molecule has 0 unspecified atom stereocenters. The first-order valence-corrected chi connectivity index (χ1v) is 7.07. The third-order valence-electron chi connectivity index (χ3n) is 2.78. The minimum atomic E-state index is -4.22. The van der Waals surface area contributed by atoms with Gasteiger partial charge >= 0.3 is 0 Å². The first kappa shape index (κ1) is 14.4. The molecule has 7 heteroatoms. The summed E-state index contributed by atoms with van der Waals surface area (Å²) in [6, 6.07) is 9.92. The summed E-state index contributed by atoms with van der Waals surface area (Å²) in [5.74, 6) is -2.11. The van der Waals surface area contributed by atoms with Gasteiger partial charge < -0.3 is 0 Å². The van der Waals surface area contributed by atoms with Crippen molar-refractivity contribution < 1.29 is 18.0 Å². The normalized spacial score (nSPS) is 15.2. The highest BCUT2D eigenvalue weighted by Gasteiger charge is 2.36. The lowest BCUT2D eigenvalue weighted by molar-refractivity contribution is -0.114. The summed E-state index contributed by atoms with van der Waals surface area (Å²) >= 11 is 0. The van der Waals surface area contributed by atoms with Crippen LogP contribution in [0.1, 0.15) is 0 Å². The largest absolute Gasteiger partial charge is 0.288 e. The molecule has 1 aromatic rings. The van der Waals surface area contributed by atoms with Crippen LogP contribution in [0.3, 0.4) is 0 Å². The Balaban J connectivity index is 2.64. The van der Waals surface area contributed by atoms with E-state index in [9.17, 15) is 18.0 Å². The Morgan fingerprint density at radius 3 is 2.00 bits per heavy atom. The highest BCUT2D eigenvalue weighted by atomic mass is 32.2. The van der Waals surface area contributed by atoms with Gasteiger partial charge in [-0.25, -0.2) is 8.42 Å². The first-order valence-electron chi connectivity index (χ1n) is 5.59. The van der Waals surface area contributed by atoms with Gasteiger partial charge in [0.05, 0.1) is 4.90 Å². The fourth-order valence-electron chi connectivity index (χ4n) is 1.76. The van der Waals surface area contributed by atoms with Gasteiger partial charge in [0.25, 0.3) is 0 Å². The maximum absolute atomic E-state index is 12.3. The van der Waals surface area contributed by atoms with Crippen LogP contribution in [0.15, 0.2) is 57.4 Å². The van der Waals surface area contributed by atoms with Crippen LogP contribution in [0.25, 0.3) is 0 Å². The lowest BCUT2D eigenvalue weighted by Gasteiger charge is -2.12. The number of ketones is 2. The molecular formula is C14H6N2O4S. The summed E-state index contributed by atoms with van der Waals surface area (Å²) in [6.07, 6.45) is 0.587. The van der Waals surface area contributed by atoms with Gasteiger partial charge in [0.2, 0.25) is 15.6 Å². The molecule has 1 aliphatic carbocycles. The van der Waals surface area contributed by atoms with Crippen molar-refractivity contribution in [1.29, 1.82) is 10.5 Å². The van der Waals surface area contributed by atoms with Crippen molar-refractivity contribution in [3.8, 4) is 12.1 Å². The molecule has 2 rings (SSSR count). The molecule has 0 N–H and O–H groups in total. The molecule has 0 atom stereocenters. The Hall–Kier alpha value is -3.03. The second-order valence-corrected chi connectivity index (χ2v) is 5.91. The molecule has 0 fully saturated rings. The molecule has 1 aromatic carbocycles. The zero-order chi connectivity index (χ0) is 15.6. The standard InChI is InChI=1S/C14H6N2O4S/c15-7-10-11(8-16)14(18)13(6-12(10)17)21(19,20)9-4-2-1-3-5-9/h1-6H. The molecule has 0 aromatic heterocycles. The highest BCUT2D eigenvalue weighted by Crippen LogP contribution is 2.27. The topological polar surface area (TPSA) is 116 Å². The number of carbonyl (C=O) groups excluding carboxylic acids is 2. The van der Waals surface area contributed by atoms with Crippen LogP contribution >= 0.6 is 0 Å². The van der Waals surface area contributed by atoms with Crippen molar-refractivity contribution in [3.63, 3.8) is 0 Å². The van der Waals surface area contributed by atoms with Crippen LogP contribution in [0.2, 0.25) is 0 Å². The van der Waals surface area contributed by atoms with Crippen LogP contribution in [0.4, 0.5) is 0 Å².